The molecule has 1 amide bonds. The largest absolute Gasteiger partial charge is 0.349 e. The van der Waals surface area contributed by atoms with Gasteiger partial charge in [0, 0.05) is 18.1 Å². The van der Waals surface area contributed by atoms with Gasteiger partial charge in [-0.2, -0.15) is 0 Å². The highest BCUT2D eigenvalue weighted by Gasteiger charge is 2.33. The fraction of sp³-hybridized carbons (Fsp3) is 0.435. The van der Waals surface area contributed by atoms with E-state index in [2.05, 4.69) is 11.4 Å². The maximum atomic E-state index is 12.9. The lowest BCUT2D eigenvalue weighted by molar-refractivity contribution is -0.126. The lowest BCUT2D eigenvalue weighted by Gasteiger charge is -2.32. The van der Waals surface area contributed by atoms with Gasteiger partial charge in [0.15, 0.2) is 0 Å². The Kier molecular flexibility index (Phi) is 7.22. The summed E-state index contributed by atoms with van der Waals surface area (Å²) in [6, 6.07) is 12.9. The number of sulfonamides is 1. The highest BCUT2D eigenvalue weighted by atomic mass is 35.5. The SMILES string of the molecule is Cc1ccc([C@H](C)NC(=O)[C@@H]2CCCN(S(=O)(=O)Cc3ccc(Cl)cc3)C2)c(C)c1. The topological polar surface area (TPSA) is 66.5 Å². The number of carbonyl (C=O) groups excluding carboxylic acids is 1. The first kappa shape index (κ1) is 22.8. The van der Waals surface area contributed by atoms with Crippen LogP contribution in [0.2, 0.25) is 5.02 Å². The monoisotopic (exact) mass is 448 g/mol. The van der Waals surface area contributed by atoms with Gasteiger partial charge in [0.05, 0.1) is 17.7 Å². The van der Waals surface area contributed by atoms with E-state index >= 15 is 0 Å². The summed E-state index contributed by atoms with van der Waals surface area (Å²) in [5.41, 5.74) is 4.09. The maximum Gasteiger partial charge on any atom is 0.224 e. The van der Waals surface area contributed by atoms with Gasteiger partial charge in [0.25, 0.3) is 0 Å². The summed E-state index contributed by atoms with van der Waals surface area (Å²) in [6.45, 7) is 6.72. The van der Waals surface area contributed by atoms with Gasteiger partial charge < -0.3 is 5.32 Å². The van der Waals surface area contributed by atoms with Crippen molar-refractivity contribution in [2.45, 2.75) is 45.4 Å². The van der Waals surface area contributed by atoms with E-state index in [1.807, 2.05) is 32.9 Å². The minimum Gasteiger partial charge on any atom is -0.349 e. The molecule has 0 spiro atoms. The zero-order chi connectivity index (χ0) is 21.9. The second kappa shape index (κ2) is 9.50. The molecule has 30 heavy (non-hydrogen) atoms. The third-order valence-corrected chi connectivity index (χ3v) is 7.73. The van der Waals surface area contributed by atoms with E-state index in [0.717, 1.165) is 11.1 Å². The van der Waals surface area contributed by atoms with E-state index in [4.69, 9.17) is 11.6 Å². The fourth-order valence-corrected chi connectivity index (χ4v) is 5.75. The summed E-state index contributed by atoms with van der Waals surface area (Å²) < 4.78 is 27.2. The molecule has 1 aliphatic heterocycles. The highest BCUT2D eigenvalue weighted by Crippen LogP contribution is 2.24. The van der Waals surface area contributed by atoms with Crippen LogP contribution in [0.1, 0.15) is 48.1 Å². The molecule has 0 bridgehead atoms. The lowest BCUT2D eigenvalue weighted by atomic mass is 9.96. The highest BCUT2D eigenvalue weighted by molar-refractivity contribution is 7.88. The molecule has 0 saturated carbocycles. The van der Waals surface area contributed by atoms with E-state index in [0.29, 0.717) is 30.0 Å². The molecule has 0 aliphatic carbocycles. The molecule has 1 saturated heterocycles. The first-order valence-corrected chi connectivity index (χ1v) is 12.2. The van der Waals surface area contributed by atoms with Crippen LogP contribution < -0.4 is 5.32 Å². The van der Waals surface area contributed by atoms with Crippen LogP contribution in [-0.2, 0) is 20.6 Å². The second-order valence-electron chi connectivity index (χ2n) is 8.17. The Bertz CT molecular complexity index is 1010. The van der Waals surface area contributed by atoms with Crippen molar-refractivity contribution in [2.24, 2.45) is 5.92 Å². The number of amides is 1. The molecule has 7 heteroatoms. The Balaban J connectivity index is 1.64. The van der Waals surface area contributed by atoms with Gasteiger partial charge >= 0.3 is 0 Å². The van der Waals surface area contributed by atoms with Crippen molar-refractivity contribution < 1.29 is 13.2 Å². The van der Waals surface area contributed by atoms with E-state index < -0.39 is 10.0 Å². The fourth-order valence-electron chi connectivity index (χ4n) is 4.01. The van der Waals surface area contributed by atoms with Crippen molar-refractivity contribution in [1.82, 2.24) is 9.62 Å². The predicted octanol–water partition coefficient (Wildman–Crippen LogP) is 4.38. The number of benzene rings is 2. The van der Waals surface area contributed by atoms with Gasteiger partial charge in [-0.3, -0.25) is 4.79 Å². The second-order valence-corrected chi connectivity index (χ2v) is 10.6. The normalized spacial score (nSPS) is 18.7. The summed E-state index contributed by atoms with van der Waals surface area (Å²) in [4.78, 5) is 12.9. The van der Waals surface area contributed by atoms with Crippen LogP contribution in [0.15, 0.2) is 42.5 Å². The van der Waals surface area contributed by atoms with E-state index in [1.54, 1.807) is 24.3 Å². The van der Waals surface area contributed by atoms with Gasteiger partial charge in [-0.05, 0) is 62.4 Å². The van der Waals surface area contributed by atoms with Crippen molar-refractivity contribution in [3.63, 3.8) is 0 Å². The molecule has 2 atom stereocenters. The Morgan fingerprint density at radius 1 is 1.20 bits per heavy atom. The van der Waals surface area contributed by atoms with Gasteiger partial charge in [-0.25, -0.2) is 12.7 Å². The van der Waals surface area contributed by atoms with Crippen molar-refractivity contribution >= 4 is 27.5 Å². The minimum absolute atomic E-state index is 0.0858. The molecular weight excluding hydrogens is 420 g/mol. The molecule has 1 N–H and O–H groups in total. The zero-order valence-electron chi connectivity index (χ0n) is 17.7. The molecule has 5 nitrogen and oxygen atoms in total. The Hall–Kier alpha value is -1.89. The molecule has 1 fully saturated rings. The van der Waals surface area contributed by atoms with Gasteiger partial charge in [-0.1, -0.05) is 47.5 Å². The number of hydrogen-bond acceptors (Lipinski definition) is 3. The smallest absolute Gasteiger partial charge is 0.224 e. The molecule has 0 radical (unpaired) electrons. The third-order valence-electron chi connectivity index (χ3n) is 5.66. The zero-order valence-corrected chi connectivity index (χ0v) is 19.3. The number of hydrogen-bond donors (Lipinski definition) is 1. The molecule has 2 aromatic rings. The first-order valence-electron chi connectivity index (χ1n) is 10.3. The summed E-state index contributed by atoms with van der Waals surface area (Å²) >= 11 is 5.88. The van der Waals surface area contributed by atoms with Gasteiger partial charge in [0.1, 0.15) is 0 Å². The Morgan fingerprint density at radius 2 is 1.90 bits per heavy atom. The van der Waals surface area contributed by atoms with E-state index in [1.165, 1.54) is 9.87 Å². The van der Waals surface area contributed by atoms with Crippen LogP contribution in [0, 0.1) is 19.8 Å². The minimum atomic E-state index is -3.50. The third kappa shape index (κ3) is 5.62. The quantitative estimate of drug-likeness (QED) is 0.713. The number of halogens is 1. The first-order chi connectivity index (χ1) is 14.2. The average Bonchev–Trinajstić information content (AvgIpc) is 2.69. The van der Waals surface area contributed by atoms with Crippen LogP contribution in [0.4, 0.5) is 0 Å². The van der Waals surface area contributed by atoms with Crippen molar-refractivity contribution in [3.8, 4) is 0 Å². The van der Waals surface area contributed by atoms with Gasteiger partial charge in [-0.15, -0.1) is 0 Å². The molecule has 0 aromatic heterocycles. The van der Waals surface area contributed by atoms with Crippen molar-refractivity contribution in [2.75, 3.05) is 13.1 Å². The number of rotatable bonds is 6. The van der Waals surface area contributed by atoms with E-state index in [-0.39, 0.29) is 30.2 Å². The number of nitrogens with one attached hydrogen (secondary N) is 1. The Morgan fingerprint density at radius 3 is 2.57 bits per heavy atom. The predicted molar refractivity (Wildman–Crippen MR) is 121 cm³/mol. The molecule has 1 aliphatic rings. The number of carbonyl (C=O) groups is 1. The molecule has 0 unspecified atom stereocenters. The number of piperidine rings is 1. The van der Waals surface area contributed by atoms with Crippen LogP contribution >= 0.6 is 11.6 Å². The summed E-state index contributed by atoms with van der Waals surface area (Å²) in [7, 11) is -3.50. The van der Waals surface area contributed by atoms with Gasteiger partial charge in [0.2, 0.25) is 15.9 Å². The summed E-state index contributed by atoms with van der Waals surface area (Å²) in [5.74, 6) is -0.516. The standard InChI is InChI=1S/C23H29ClN2O3S/c1-16-6-11-22(17(2)13-16)18(3)25-23(27)20-5-4-12-26(14-20)30(28,29)15-19-7-9-21(24)10-8-19/h6-11,13,18,20H,4-5,12,14-15H2,1-3H3,(H,25,27)/t18-,20+/m0/s1. The molecular formula is C23H29ClN2O3S. The molecule has 3 rings (SSSR count). The van der Waals surface area contributed by atoms with E-state index in [9.17, 15) is 13.2 Å². The van der Waals surface area contributed by atoms with Crippen molar-refractivity contribution in [3.05, 3.63) is 69.7 Å². The van der Waals surface area contributed by atoms with Crippen LogP contribution in [-0.4, -0.2) is 31.7 Å². The summed E-state index contributed by atoms with van der Waals surface area (Å²) in [5, 5.41) is 3.65. The molecule has 2 aromatic carbocycles. The lowest BCUT2D eigenvalue weighted by Crippen LogP contribution is -2.46. The number of nitrogens with zero attached hydrogens (tertiary/aromatic N) is 1. The Labute approximate surface area is 184 Å². The summed E-state index contributed by atoms with van der Waals surface area (Å²) in [6.07, 6.45) is 1.37. The molecule has 1 heterocycles. The van der Waals surface area contributed by atoms with Crippen LogP contribution in [0.25, 0.3) is 0 Å². The van der Waals surface area contributed by atoms with Crippen molar-refractivity contribution in [1.29, 1.82) is 0 Å². The average molecular weight is 449 g/mol. The number of aryl methyl sites for hydroxylation is 2. The van der Waals surface area contributed by atoms with Crippen LogP contribution in [0.5, 0.6) is 0 Å². The molecule has 162 valence electrons. The van der Waals surface area contributed by atoms with Crippen LogP contribution in [0.3, 0.4) is 0 Å². The maximum absolute atomic E-state index is 12.9.